The normalized spacial score (nSPS) is 11.6. The van der Waals surface area contributed by atoms with Crippen molar-refractivity contribution in [2.45, 2.75) is 6.18 Å². The van der Waals surface area contributed by atoms with Crippen molar-refractivity contribution in [3.8, 4) is 5.75 Å². The summed E-state index contributed by atoms with van der Waals surface area (Å²) in [6.07, 6.45) is -3.97. The van der Waals surface area contributed by atoms with E-state index in [9.17, 15) is 18.0 Å². The molecule has 0 aliphatic heterocycles. The first-order valence-corrected chi connectivity index (χ1v) is 4.97. The molecule has 6 heteroatoms. The zero-order chi connectivity index (χ0) is 13.3. The van der Waals surface area contributed by atoms with Gasteiger partial charge in [0, 0.05) is 10.9 Å². The van der Waals surface area contributed by atoms with E-state index in [4.69, 9.17) is 4.74 Å². The Morgan fingerprint density at radius 3 is 2.50 bits per heavy atom. The lowest BCUT2D eigenvalue weighted by atomic mass is 10.1. The lowest BCUT2D eigenvalue weighted by Gasteiger charge is -2.10. The Morgan fingerprint density at radius 1 is 1.22 bits per heavy atom. The third-order valence-electron chi connectivity index (χ3n) is 2.49. The SMILES string of the molecule is COc1ccc(C=O)c2ccc(C(F)(F)F)nc12. The van der Waals surface area contributed by atoms with Gasteiger partial charge in [-0.2, -0.15) is 13.2 Å². The highest BCUT2D eigenvalue weighted by molar-refractivity contribution is 5.99. The fraction of sp³-hybridized carbons (Fsp3) is 0.167. The summed E-state index contributed by atoms with van der Waals surface area (Å²) in [5.74, 6) is 0.196. The lowest BCUT2D eigenvalue weighted by Crippen LogP contribution is -2.08. The van der Waals surface area contributed by atoms with Crippen LogP contribution in [0.5, 0.6) is 5.75 Å². The van der Waals surface area contributed by atoms with Crippen molar-refractivity contribution >= 4 is 17.2 Å². The van der Waals surface area contributed by atoms with Crippen LogP contribution in [0.3, 0.4) is 0 Å². The van der Waals surface area contributed by atoms with Gasteiger partial charge in [0.1, 0.15) is 17.0 Å². The van der Waals surface area contributed by atoms with E-state index in [0.29, 0.717) is 11.7 Å². The van der Waals surface area contributed by atoms with Gasteiger partial charge in [-0.15, -0.1) is 0 Å². The van der Waals surface area contributed by atoms with Crippen LogP contribution in [0.15, 0.2) is 24.3 Å². The van der Waals surface area contributed by atoms with Crippen molar-refractivity contribution in [3.63, 3.8) is 0 Å². The van der Waals surface area contributed by atoms with Crippen molar-refractivity contribution in [2.24, 2.45) is 0 Å². The summed E-state index contributed by atoms with van der Waals surface area (Å²) in [5, 5.41) is 0.331. The van der Waals surface area contributed by atoms with Gasteiger partial charge in [0.05, 0.1) is 7.11 Å². The number of hydrogen-bond acceptors (Lipinski definition) is 3. The van der Waals surface area contributed by atoms with Crippen molar-refractivity contribution in [3.05, 3.63) is 35.5 Å². The molecular formula is C12H8F3NO2. The number of aromatic nitrogens is 1. The third-order valence-corrected chi connectivity index (χ3v) is 2.49. The Balaban J connectivity index is 2.78. The first kappa shape index (κ1) is 12.3. The molecule has 0 spiro atoms. The number of halogens is 3. The smallest absolute Gasteiger partial charge is 0.433 e. The van der Waals surface area contributed by atoms with E-state index in [-0.39, 0.29) is 16.8 Å². The maximum atomic E-state index is 12.6. The number of pyridine rings is 1. The summed E-state index contributed by atoms with van der Waals surface area (Å²) in [7, 11) is 1.33. The maximum absolute atomic E-state index is 12.6. The molecule has 0 N–H and O–H groups in total. The Morgan fingerprint density at radius 2 is 1.94 bits per heavy atom. The van der Waals surface area contributed by atoms with Gasteiger partial charge < -0.3 is 4.74 Å². The third kappa shape index (κ3) is 2.01. The number of fused-ring (bicyclic) bond motifs is 1. The number of methoxy groups -OCH3 is 1. The van der Waals surface area contributed by atoms with Gasteiger partial charge in [0.15, 0.2) is 6.29 Å². The first-order chi connectivity index (χ1) is 8.47. The predicted octanol–water partition coefficient (Wildman–Crippen LogP) is 3.07. The Labute approximate surface area is 100 Å². The number of hydrogen-bond donors (Lipinski definition) is 0. The van der Waals surface area contributed by atoms with Crippen LogP contribution >= 0.6 is 0 Å². The monoisotopic (exact) mass is 255 g/mol. The number of rotatable bonds is 2. The summed E-state index contributed by atoms with van der Waals surface area (Å²) < 4.78 is 42.6. The first-order valence-electron chi connectivity index (χ1n) is 4.97. The molecule has 0 bridgehead atoms. The zero-order valence-corrected chi connectivity index (χ0v) is 9.28. The molecule has 0 saturated heterocycles. The summed E-state index contributed by atoms with van der Waals surface area (Å²) in [4.78, 5) is 14.3. The average Bonchev–Trinajstić information content (AvgIpc) is 2.35. The van der Waals surface area contributed by atoms with Crippen LogP contribution in [-0.2, 0) is 6.18 Å². The van der Waals surface area contributed by atoms with E-state index in [1.165, 1.54) is 25.3 Å². The highest BCUT2D eigenvalue weighted by atomic mass is 19.4. The number of carbonyl (C=O) groups is 1. The number of carbonyl (C=O) groups excluding carboxylic acids is 1. The van der Waals surface area contributed by atoms with Crippen LogP contribution in [0.1, 0.15) is 16.1 Å². The fourth-order valence-electron chi connectivity index (χ4n) is 1.64. The molecule has 2 aromatic rings. The van der Waals surface area contributed by atoms with Gasteiger partial charge in [0.25, 0.3) is 0 Å². The Hall–Kier alpha value is -2.11. The molecule has 1 heterocycles. The molecule has 0 radical (unpaired) electrons. The molecule has 0 unspecified atom stereocenters. The number of nitrogens with zero attached hydrogens (tertiary/aromatic N) is 1. The number of aldehydes is 1. The molecule has 1 aromatic heterocycles. The van der Waals surface area contributed by atoms with Crippen LogP contribution in [-0.4, -0.2) is 18.4 Å². The second-order valence-corrected chi connectivity index (χ2v) is 3.57. The van der Waals surface area contributed by atoms with E-state index in [0.717, 1.165) is 6.07 Å². The van der Waals surface area contributed by atoms with E-state index < -0.39 is 11.9 Å². The van der Waals surface area contributed by atoms with Gasteiger partial charge in [-0.3, -0.25) is 4.79 Å². The fourth-order valence-corrected chi connectivity index (χ4v) is 1.64. The quantitative estimate of drug-likeness (QED) is 0.774. The molecule has 0 saturated carbocycles. The highest BCUT2D eigenvalue weighted by Gasteiger charge is 2.32. The van der Waals surface area contributed by atoms with Gasteiger partial charge in [0.2, 0.25) is 0 Å². The molecule has 94 valence electrons. The minimum absolute atomic E-state index is 0.0249. The summed E-state index contributed by atoms with van der Waals surface area (Å²) >= 11 is 0. The number of benzene rings is 1. The topological polar surface area (TPSA) is 39.2 Å². The summed E-state index contributed by atoms with van der Waals surface area (Å²) in [6.45, 7) is 0. The van der Waals surface area contributed by atoms with Crippen LogP contribution < -0.4 is 4.74 Å². The molecule has 0 aliphatic carbocycles. The molecule has 0 atom stereocenters. The summed E-state index contributed by atoms with van der Waals surface area (Å²) in [6, 6.07) is 4.95. The maximum Gasteiger partial charge on any atom is 0.433 e. The molecule has 0 aliphatic rings. The Bertz CT molecular complexity index is 608. The van der Waals surface area contributed by atoms with E-state index >= 15 is 0 Å². The minimum atomic E-state index is -4.53. The zero-order valence-electron chi connectivity index (χ0n) is 9.28. The summed E-state index contributed by atoms with van der Waals surface area (Å²) in [5.41, 5.74) is -0.722. The second kappa shape index (κ2) is 4.29. The molecule has 1 aromatic carbocycles. The van der Waals surface area contributed by atoms with Gasteiger partial charge in [-0.25, -0.2) is 4.98 Å². The van der Waals surface area contributed by atoms with Crippen LogP contribution in [0, 0.1) is 0 Å². The van der Waals surface area contributed by atoms with Crippen molar-refractivity contribution < 1.29 is 22.7 Å². The number of alkyl halides is 3. The second-order valence-electron chi connectivity index (χ2n) is 3.57. The van der Waals surface area contributed by atoms with E-state index in [1.54, 1.807) is 0 Å². The molecular weight excluding hydrogens is 247 g/mol. The highest BCUT2D eigenvalue weighted by Crippen LogP contribution is 2.32. The van der Waals surface area contributed by atoms with E-state index in [1.807, 2.05) is 0 Å². The van der Waals surface area contributed by atoms with Gasteiger partial charge >= 0.3 is 6.18 Å². The minimum Gasteiger partial charge on any atom is -0.494 e. The Kier molecular flexibility index (Phi) is 2.94. The average molecular weight is 255 g/mol. The van der Waals surface area contributed by atoms with Gasteiger partial charge in [-0.05, 0) is 24.3 Å². The molecule has 0 fully saturated rings. The molecule has 2 rings (SSSR count). The van der Waals surface area contributed by atoms with Crippen LogP contribution in [0.2, 0.25) is 0 Å². The molecule has 3 nitrogen and oxygen atoms in total. The van der Waals surface area contributed by atoms with Gasteiger partial charge in [-0.1, -0.05) is 0 Å². The largest absolute Gasteiger partial charge is 0.494 e. The van der Waals surface area contributed by atoms with Crippen LogP contribution in [0.4, 0.5) is 13.2 Å². The molecule has 0 amide bonds. The van der Waals surface area contributed by atoms with E-state index in [2.05, 4.69) is 4.98 Å². The standard InChI is InChI=1S/C12H8F3NO2/c1-18-9-4-2-7(6-17)8-3-5-10(12(13,14)15)16-11(8)9/h2-6H,1H3. The molecule has 18 heavy (non-hydrogen) atoms. The van der Waals surface area contributed by atoms with Crippen molar-refractivity contribution in [1.82, 2.24) is 4.98 Å². The number of ether oxygens (including phenoxy) is 1. The van der Waals surface area contributed by atoms with Crippen LogP contribution in [0.25, 0.3) is 10.9 Å². The van der Waals surface area contributed by atoms with Crippen molar-refractivity contribution in [2.75, 3.05) is 7.11 Å². The lowest BCUT2D eigenvalue weighted by molar-refractivity contribution is -0.140. The van der Waals surface area contributed by atoms with Crippen molar-refractivity contribution in [1.29, 1.82) is 0 Å². The predicted molar refractivity (Wildman–Crippen MR) is 58.7 cm³/mol.